The summed E-state index contributed by atoms with van der Waals surface area (Å²) in [5.74, 6) is 2.14. The van der Waals surface area contributed by atoms with Crippen LogP contribution in [-0.4, -0.2) is 40.2 Å². The number of hydrogen-bond acceptors (Lipinski definition) is 8. The highest BCUT2D eigenvalue weighted by molar-refractivity contribution is 5.92. The van der Waals surface area contributed by atoms with Gasteiger partial charge in [0.2, 0.25) is 0 Å². The monoisotopic (exact) mass is 431 g/mol. The van der Waals surface area contributed by atoms with E-state index in [1.165, 1.54) is 12.3 Å². The summed E-state index contributed by atoms with van der Waals surface area (Å²) in [4.78, 5) is 26.5. The van der Waals surface area contributed by atoms with E-state index in [1.54, 1.807) is 24.7 Å². The number of para-hydroxylation sites is 1. The molecule has 2 aromatic carbocycles. The molecule has 0 aliphatic rings. The predicted molar refractivity (Wildman–Crippen MR) is 119 cm³/mol. The van der Waals surface area contributed by atoms with Gasteiger partial charge in [0, 0.05) is 24.2 Å². The molecule has 2 heterocycles. The standard InChI is InChI=1S/C23H21N5O4/c1-14-25-18-7-5-4-6-17(18)22(26-14)28(2)15-8-11-20(31-3)21(12-15)32-16-9-10-19(24-13-16)23(29)27-30/h4-13,30H,1-3H3,(H,27,29). The van der Waals surface area contributed by atoms with Gasteiger partial charge in [-0.05, 0) is 43.3 Å². The topological polar surface area (TPSA) is 110 Å². The molecule has 9 heteroatoms. The molecule has 0 atom stereocenters. The van der Waals surface area contributed by atoms with Crippen molar-refractivity contribution in [3.05, 3.63) is 72.3 Å². The zero-order valence-corrected chi connectivity index (χ0v) is 17.7. The van der Waals surface area contributed by atoms with Gasteiger partial charge in [0.15, 0.2) is 11.5 Å². The minimum Gasteiger partial charge on any atom is -0.493 e. The van der Waals surface area contributed by atoms with Gasteiger partial charge in [-0.1, -0.05) is 12.1 Å². The number of rotatable bonds is 6. The van der Waals surface area contributed by atoms with Crippen molar-refractivity contribution >= 4 is 28.3 Å². The van der Waals surface area contributed by atoms with Crippen LogP contribution >= 0.6 is 0 Å². The van der Waals surface area contributed by atoms with E-state index in [1.807, 2.05) is 55.3 Å². The lowest BCUT2D eigenvalue weighted by atomic mass is 10.2. The van der Waals surface area contributed by atoms with E-state index >= 15 is 0 Å². The second-order valence-electron chi connectivity index (χ2n) is 6.93. The van der Waals surface area contributed by atoms with Crippen molar-refractivity contribution in [1.82, 2.24) is 20.4 Å². The number of benzene rings is 2. The Hall–Kier alpha value is -4.24. The van der Waals surface area contributed by atoms with Crippen LogP contribution in [0.1, 0.15) is 16.3 Å². The highest BCUT2D eigenvalue weighted by Gasteiger charge is 2.15. The second-order valence-corrected chi connectivity index (χ2v) is 6.93. The van der Waals surface area contributed by atoms with Crippen molar-refractivity contribution in [1.29, 1.82) is 0 Å². The molecule has 0 spiro atoms. The Morgan fingerprint density at radius 1 is 1.06 bits per heavy atom. The molecular weight excluding hydrogens is 410 g/mol. The molecule has 0 fully saturated rings. The smallest absolute Gasteiger partial charge is 0.293 e. The van der Waals surface area contributed by atoms with E-state index in [2.05, 4.69) is 15.0 Å². The Bertz CT molecular complexity index is 1280. The Labute approximate surface area is 184 Å². The quantitative estimate of drug-likeness (QED) is 0.348. The number of fused-ring (bicyclic) bond motifs is 1. The highest BCUT2D eigenvalue weighted by atomic mass is 16.5. The van der Waals surface area contributed by atoms with Crippen LogP contribution in [0.15, 0.2) is 60.8 Å². The van der Waals surface area contributed by atoms with E-state index in [0.717, 1.165) is 22.4 Å². The highest BCUT2D eigenvalue weighted by Crippen LogP contribution is 2.37. The summed E-state index contributed by atoms with van der Waals surface area (Å²) in [6.45, 7) is 1.86. The molecule has 2 aromatic heterocycles. The molecule has 162 valence electrons. The third kappa shape index (κ3) is 4.14. The van der Waals surface area contributed by atoms with Crippen molar-refractivity contribution < 1.29 is 19.5 Å². The van der Waals surface area contributed by atoms with E-state index in [9.17, 15) is 4.79 Å². The largest absolute Gasteiger partial charge is 0.493 e. The van der Waals surface area contributed by atoms with Crippen LogP contribution in [0.4, 0.5) is 11.5 Å². The van der Waals surface area contributed by atoms with Gasteiger partial charge in [-0.15, -0.1) is 0 Å². The van der Waals surface area contributed by atoms with Crippen LogP contribution in [0.25, 0.3) is 10.9 Å². The predicted octanol–water partition coefficient (Wildman–Crippen LogP) is 4.02. The maximum atomic E-state index is 11.5. The fraction of sp³-hybridized carbons (Fsp3) is 0.130. The average molecular weight is 431 g/mol. The van der Waals surface area contributed by atoms with Gasteiger partial charge in [-0.25, -0.2) is 20.4 Å². The first-order valence-corrected chi connectivity index (χ1v) is 9.73. The number of pyridine rings is 1. The van der Waals surface area contributed by atoms with Crippen molar-refractivity contribution in [2.75, 3.05) is 19.1 Å². The number of amides is 1. The number of aryl methyl sites for hydroxylation is 1. The lowest BCUT2D eigenvalue weighted by Gasteiger charge is -2.22. The van der Waals surface area contributed by atoms with Crippen LogP contribution in [0, 0.1) is 6.92 Å². The fourth-order valence-corrected chi connectivity index (χ4v) is 3.26. The summed E-state index contributed by atoms with van der Waals surface area (Å²) >= 11 is 0. The number of carbonyl (C=O) groups excluding carboxylic acids is 1. The summed E-state index contributed by atoms with van der Waals surface area (Å²) in [5.41, 5.74) is 3.30. The molecule has 0 saturated heterocycles. The molecule has 0 aliphatic heterocycles. The van der Waals surface area contributed by atoms with Crippen molar-refractivity contribution in [3.63, 3.8) is 0 Å². The van der Waals surface area contributed by atoms with Crippen LogP contribution in [-0.2, 0) is 0 Å². The van der Waals surface area contributed by atoms with Crippen molar-refractivity contribution in [2.45, 2.75) is 6.92 Å². The Kier molecular flexibility index (Phi) is 5.82. The zero-order valence-electron chi connectivity index (χ0n) is 17.7. The molecule has 4 aromatic rings. The Balaban J connectivity index is 1.69. The minimum absolute atomic E-state index is 0.0614. The van der Waals surface area contributed by atoms with Gasteiger partial charge >= 0.3 is 0 Å². The van der Waals surface area contributed by atoms with Crippen LogP contribution in [0.5, 0.6) is 17.2 Å². The Morgan fingerprint density at radius 2 is 1.88 bits per heavy atom. The number of ether oxygens (including phenoxy) is 2. The molecule has 0 bridgehead atoms. The average Bonchev–Trinajstić information content (AvgIpc) is 2.83. The minimum atomic E-state index is -0.704. The van der Waals surface area contributed by atoms with E-state index in [4.69, 9.17) is 14.7 Å². The molecular formula is C23H21N5O4. The van der Waals surface area contributed by atoms with E-state index in [0.29, 0.717) is 23.1 Å². The number of anilines is 2. The zero-order chi connectivity index (χ0) is 22.7. The molecule has 0 saturated carbocycles. The second kappa shape index (κ2) is 8.86. The number of methoxy groups -OCH3 is 1. The first kappa shape index (κ1) is 21.0. The van der Waals surface area contributed by atoms with Gasteiger partial charge in [-0.2, -0.15) is 0 Å². The van der Waals surface area contributed by atoms with Gasteiger partial charge in [0.25, 0.3) is 5.91 Å². The number of hydrogen-bond donors (Lipinski definition) is 2. The summed E-state index contributed by atoms with van der Waals surface area (Å²) in [7, 11) is 3.48. The molecule has 9 nitrogen and oxygen atoms in total. The van der Waals surface area contributed by atoms with Gasteiger partial charge in [0.1, 0.15) is 23.1 Å². The first-order valence-electron chi connectivity index (χ1n) is 9.73. The molecule has 4 rings (SSSR count). The third-order valence-corrected chi connectivity index (χ3v) is 4.85. The van der Waals surface area contributed by atoms with Crippen molar-refractivity contribution in [3.8, 4) is 17.2 Å². The van der Waals surface area contributed by atoms with Gasteiger partial charge < -0.3 is 14.4 Å². The number of hydroxylamine groups is 1. The first-order chi connectivity index (χ1) is 15.5. The lowest BCUT2D eigenvalue weighted by molar-refractivity contribution is 0.0700. The maximum absolute atomic E-state index is 11.5. The SMILES string of the molecule is COc1ccc(N(C)c2nc(C)nc3ccccc23)cc1Oc1ccc(C(=O)NO)nc1. The summed E-state index contributed by atoms with van der Waals surface area (Å²) in [6, 6.07) is 16.4. The summed E-state index contributed by atoms with van der Waals surface area (Å²) < 4.78 is 11.4. The molecule has 0 radical (unpaired) electrons. The Morgan fingerprint density at radius 3 is 2.59 bits per heavy atom. The van der Waals surface area contributed by atoms with Gasteiger partial charge in [0.05, 0.1) is 18.8 Å². The van der Waals surface area contributed by atoms with Gasteiger partial charge in [-0.3, -0.25) is 10.0 Å². The van der Waals surface area contributed by atoms with E-state index in [-0.39, 0.29) is 5.69 Å². The molecule has 2 N–H and O–H groups in total. The third-order valence-electron chi connectivity index (χ3n) is 4.85. The van der Waals surface area contributed by atoms with Crippen molar-refractivity contribution in [2.24, 2.45) is 0 Å². The summed E-state index contributed by atoms with van der Waals surface area (Å²) in [6.07, 6.45) is 1.39. The van der Waals surface area contributed by atoms with E-state index < -0.39 is 5.91 Å². The number of aromatic nitrogens is 3. The summed E-state index contributed by atoms with van der Waals surface area (Å²) in [5, 5.41) is 9.65. The number of nitrogens with one attached hydrogen (secondary N) is 1. The lowest BCUT2D eigenvalue weighted by Crippen LogP contribution is -2.19. The van der Waals surface area contributed by atoms with Crippen LogP contribution < -0.4 is 19.9 Å². The molecule has 32 heavy (non-hydrogen) atoms. The number of nitrogens with zero attached hydrogens (tertiary/aromatic N) is 4. The molecule has 0 aliphatic carbocycles. The molecule has 1 amide bonds. The molecule has 0 unspecified atom stereocenters. The van der Waals surface area contributed by atoms with Crippen LogP contribution in [0.2, 0.25) is 0 Å². The fourth-order valence-electron chi connectivity index (χ4n) is 3.26. The number of carbonyl (C=O) groups is 1. The normalized spacial score (nSPS) is 10.6. The van der Waals surface area contributed by atoms with Crippen LogP contribution in [0.3, 0.4) is 0 Å². The maximum Gasteiger partial charge on any atom is 0.293 e.